The van der Waals surface area contributed by atoms with Crippen LogP contribution in [0.25, 0.3) is 0 Å². The summed E-state index contributed by atoms with van der Waals surface area (Å²) in [5, 5.41) is 0. The van der Waals surface area contributed by atoms with Gasteiger partial charge in [0, 0.05) is 5.54 Å². The van der Waals surface area contributed by atoms with Crippen molar-refractivity contribution in [3.63, 3.8) is 0 Å². The maximum absolute atomic E-state index is 6.88. The Morgan fingerprint density at radius 3 is 2.61 bits per heavy atom. The summed E-state index contributed by atoms with van der Waals surface area (Å²) < 4.78 is 0. The fourth-order valence-corrected chi connectivity index (χ4v) is 4.51. The maximum Gasteiger partial charge on any atom is 0.0185 e. The van der Waals surface area contributed by atoms with Crippen LogP contribution in [0.5, 0.6) is 0 Å². The zero-order valence-electron chi connectivity index (χ0n) is 12.8. The highest BCUT2D eigenvalue weighted by molar-refractivity contribution is 4.98. The normalized spacial score (nSPS) is 42.2. The molecular formula is C17H33N. The van der Waals surface area contributed by atoms with E-state index in [-0.39, 0.29) is 5.54 Å². The number of nitrogens with two attached hydrogens (primary N) is 1. The fourth-order valence-electron chi connectivity index (χ4n) is 4.51. The first-order valence-electron chi connectivity index (χ1n) is 8.34. The van der Waals surface area contributed by atoms with Gasteiger partial charge in [0.25, 0.3) is 0 Å². The van der Waals surface area contributed by atoms with Crippen LogP contribution in [0.2, 0.25) is 0 Å². The van der Waals surface area contributed by atoms with Crippen molar-refractivity contribution < 1.29 is 0 Å². The van der Waals surface area contributed by atoms with Gasteiger partial charge in [-0.15, -0.1) is 0 Å². The van der Waals surface area contributed by atoms with Crippen LogP contribution in [-0.4, -0.2) is 5.54 Å². The molecular weight excluding hydrogens is 218 g/mol. The van der Waals surface area contributed by atoms with Crippen LogP contribution in [0.3, 0.4) is 0 Å². The summed E-state index contributed by atoms with van der Waals surface area (Å²) >= 11 is 0. The van der Waals surface area contributed by atoms with Crippen LogP contribution in [0, 0.1) is 23.7 Å². The van der Waals surface area contributed by atoms with E-state index < -0.39 is 0 Å². The Bertz CT molecular complexity index is 260. The van der Waals surface area contributed by atoms with E-state index in [0.29, 0.717) is 0 Å². The van der Waals surface area contributed by atoms with Crippen molar-refractivity contribution in [3.05, 3.63) is 0 Å². The molecule has 2 fully saturated rings. The van der Waals surface area contributed by atoms with Crippen molar-refractivity contribution >= 4 is 0 Å². The third-order valence-electron chi connectivity index (χ3n) is 5.98. The summed E-state index contributed by atoms with van der Waals surface area (Å²) in [6.45, 7) is 7.12. The first-order valence-corrected chi connectivity index (χ1v) is 8.34. The topological polar surface area (TPSA) is 26.0 Å². The third kappa shape index (κ3) is 3.10. The van der Waals surface area contributed by atoms with Crippen molar-refractivity contribution in [2.75, 3.05) is 0 Å². The Kier molecular flexibility index (Phi) is 4.75. The van der Waals surface area contributed by atoms with Crippen molar-refractivity contribution in [3.8, 4) is 0 Å². The molecule has 2 N–H and O–H groups in total. The highest BCUT2D eigenvalue weighted by atomic mass is 14.8. The second-order valence-corrected chi connectivity index (χ2v) is 7.47. The molecule has 1 heteroatoms. The lowest BCUT2D eigenvalue weighted by molar-refractivity contribution is 0.0859. The van der Waals surface area contributed by atoms with E-state index in [9.17, 15) is 0 Å². The van der Waals surface area contributed by atoms with E-state index in [2.05, 4.69) is 20.8 Å². The summed E-state index contributed by atoms with van der Waals surface area (Å²) in [6.07, 6.45) is 12.4. The summed E-state index contributed by atoms with van der Waals surface area (Å²) in [7, 11) is 0. The summed E-state index contributed by atoms with van der Waals surface area (Å²) in [5.41, 5.74) is 7.06. The molecule has 0 amide bonds. The van der Waals surface area contributed by atoms with Crippen molar-refractivity contribution in [1.82, 2.24) is 0 Å². The van der Waals surface area contributed by atoms with Crippen molar-refractivity contribution in [2.24, 2.45) is 29.4 Å². The van der Waals surface area contributed by atoms with E-state index in [0.717, 1.165) is 23.7 Å². The maximum atomic E-state index is 6.88. The molecule has 2 saturated carbocycles. The molecule has 0 aromatic rings. The summed E-state index contributed by atoms with van der Waals surface area (Å²) in [5.74, 6) is 3.48. The molecule has 4 atom stereocenters. The largest absolute Gasteiger partial charge is 0.325 e. The zero-order valence-corrected chi connectivity index (χ0v) is 12.8. The molecule has 0 heterocycles. The number of hydrogen-bond donors (Lipinski definition) is 1. The van der Waals surface area contributed by atoms with Crippen LogP contribution in [0.4, 0.5) is 0 Å². The van der Waals surface area contributed by atoms with Crippen molar-refractivity contribution in [1.29, 1.82) is 0 Å². The molecule has 0 aromatic heterocycles. The van der Waals surface area contributed by atoms with Gasteiger partial charge < -0.3 is 5.73 Å². The average Bonchev–Trinajstić information content (AvgIpc) is 2.39. The fraction of sp³-hybridized carbons (Fsp3) is 1.00. The highest BCUT2D eigenvalue weighted by Gasteiger charge is 2.41. The first kappa shape index (κ1) is 14.4. The van der Waals surface area contributed by atoms with E-state index in [4.69, 9.17) is 5.73 Å². The molecule has 0 radical (unpaired) electrons. The van der Waals surface area contributed by atoms with Crippen molar-refractivity contribution in [2.45, 2.75) is 84.1 Å². The van der Waals surface area contributed by atoms with Gasteiger partial charge in [0.1, 0.15) is 0 Å². The first-order chi connectivity index (χ1) is 8.55. The Balaban J connectivity index is 2.00. The lowest BCUT2D eigenvalue weighted by atomic mass is 9.62. The molecule has 2 aliphatic carbocycles. The molecule has 0 saturated heterocycles. The van der Waals surface area contributed by atoms with Crippen LogP contribution in [0.15, 0.2) is 0 Å². The molecule has 0 bridgehead atoms. The predicted octanol–water partition coefficient (Wildman–Crippen LogP) is 4.75. The Morgan fingerprint density at radius 2 is 1.94 bits per heavy atom. The molecule has 0 aliphatic heterocycles. The van der Waals surface area contributed by atoms with Gasteiger partial charge in [0.2, 0.25) is 0 Å². The lowest BCUT2D eigenvalue weighted by Crippen LogP contribution is -2.52. The van der Waals surface area contributed by atoms with Gasteiger partial charge in [0.05, 0.1) is 0 Å². The van der Waals surface area contributed by atoms with Gasteiger partial charge in [0.15, 0.2) is 0 Å². The summed E-state index contributed by atoms with van der Waals surface area (Å²) in [4.78, 5) is 0. The molecule has 106 valence electrons. The monoisotopic (exact) mass is 251 g/mol. The lowest BCUT2D eigenvalue weighted by Gasteiger charge is -2.47. The molecule has 18 heavy (non-hydrogen) atoms. The van der Waals surface area contributed by atoms with Gasteiger partial charge in [-0.25, -0.2) is 0 Å². The SMILES string of the molecule is CCC1CCCC(C2(N)CCCC(C(C)C)C2)C1. The minimum absolute atomic E-state index is 0.182. The quantitative estimate of drug-likeness (QED) is 0.770. The van der Waals surface area contributed by atoms with E-state index in [1.54, 1.807) is 0 Å². The second kappa shape index (κ2) is 5.94. The predicted molar refractivity (Wildman–Crippen MR) is 79.5 cm³/mol. The third-order valence-corrected chi connectivity index (χ3v) is 5.98. The second-order valence-electron chi connectivity index (χ2n) is 7.47. The Labute approximate surface area is 114 Å². The molecule has 4 unspecified atom stereocenters. The molecule has 2 aliphatic rings. The standard InChI is InChI=1S/C17H33N/c1-4-14-7-5-9-16(11-14)17(18)10-6-8-15(12-17)13(2)3/h13-16H,4-12,18H2,1-3H3. The van der Waals surface area contributed by atoms with Crippen LogP contribution >= 0.6 is 0 Å². The van der Waals surface area contributed by atoms with E-state index in [1.165, 1.54) is 57.8 Å². The zero-order chi connectivity index (χ0) is 13.2. The number of rotatable bonds is 3. The van der Waals surface area contributed by atoms with Gasteiger partial charge in [-0.2, -0.15) is 0 Å². The minimum Gasteiger partial charge on any atom is -0.325 e. The van der Waals surface area contributed by atoms with Crippen LogP contribution < -0.4 is 5.73 Å². The molecule has 2 rings (SSSR count). The van der Waals surface area contributed by atoms with Gasteiger partial charge in [-0.1, -0.05) is 52.9 Å². The Hall–Kier alpha value is -0.0400. The molecule has 1 nitrogen and oxygen atoms in total. The van der Waals surface area contributed by atoms with E-state index in [1.807, 2.05) is 0 Å². The molecule has 0 aromatic carbocycles. The number of hydrogen-bond acceptors (Lipinski definition) is 1. The highest BCUT2D eigenvalue weighted by Crippen LogP contribution is 2.45. The summed E-state index contributed by atoms with van der Waals surface area (Å²) in [6, 6.07) is 0. The smallest absolute Gasteiger partial charge is 0.0185 e. The van der Waals surface area contributed by atoms with E-state index >= 15 is 0 Å². The average molecular weight is 251 g/mol. The Morgan fingerprint density at radius 1 is 1.17 bits per heavy atom. The van der Waals surface area contributed by atoms with Crippen LogP contribution in [0.1, 0.15) is 78.6 Å². The minimum atomic E-state index is 0.182. The van der Waals surface area contributed by atoms with Gasteiger partial charge in [-0.3, -0.25) is 0 Å². The van der Waals surface area contributed by atoms with Crippen LogP contribution in [-0.2, 0) is 0 Å². The van der Waals surface area contributed by atoms with Gasteiger partial charge in [-0.05, 0) is 49.4 Å². The van der Waals surface area contributed by atoms with Gasteiger partial charge >= 0.3 is 0 Å². The molecule has 0 spiro atoms.